The lowest BCUT2D eigenvalue weighted by molar-refractivity contribution is 0.780. The van der Waals surface area contributed by atoms with Crippen molar-refractivity contribution in [3.05, 3.63) is 59.5 Å². The van der Waals surface area contributed by atoms with Gasteiger partial charge in [0, 0.05) is 11.3 Å². The maximum Gasteiger partial charge on any atom is 0.140 e. The fourth-order valence-corrected chi connectivity index (χ4v) is 2.24. The lowest BCUT2D eigenvalue weighted by Gasteiger charge is -2.12. The van der Waals surface area contributed by atoms with E-state index < -0.39 is 0 Å². The maximum absolute atomic E-state index is 6.19. The molecule has 0 aliphatic heterocycles. The standard InChI is InChI=1S/C14H11ClN2/c15-13-11-8-4-5-9-12(11)16-14(17-13)10-6-2-1-3-7-10/h1-6,8-10H,7H2. The van der Waals surface area contributed by atoms with Gasteiger partial charge in [-0.05, 0) is 18.6 Å². The fraction of sp³-hybridized carbons (Fsp3) is 0.143. The zero-order valence-corrected chi connectivity index (χ0v) is 9.93. The number of rotatable bonds is 1. The van der Waals surface area contributed by atoms with Crippen LogP contribution in [0.3, 0.4) is 0 Å². The summed E-state index contributed by atoms with van der Waals surface area (Å²) in [5, 5.41) is 1.45. The van der Waals surface area contributed by atoms with Crippen molar-refractivity contribution in [3.8, 4) is 0 Å². The Kier molecular flexibility index (Phi) is 2.65. The molecule has 1 aromatic carbocycles. The van der Waals surface area contributed by atoms with Crippen LogP contribution in [0.4, 0.5) is 0 Å². The Hall–Kier alpha value is -1.67. The molecule has 1 heterocycles. The molecule has 0 fully saturated rings. The molecule has 0 N–H and O–H groups in total. The molecule has 0 saturated carbocycles. The van der Waals surface area contributed by atoms with Crippen LogP contribution in [0.2, 0.25) is 5.15 Å². The molecule has 1 unspecified atom stereocenters. The summed E-state index contributed by atoms with van der Waals surface area (Å²) in [5.74, 6) is 1.04. The summed E-state index contributed by atoms with van der Waals surface area (Å²) in [4.78, 5) is 8.97. The monoisotopic (exact) mass is 242 g/mol. The van der Waals surface area contributed by atoms with Crippen molar-refractivity contribution >= 4 is 22.5 Å². The molecule has 3 heteroatoms. The Labute approximate surface area is 105 Å². The highest BCUT2D eigenvalue weighted by atomic mass is 35.5. The van der Waals surface area contributed by atoms with Gasteiger partial charge in [0.15, 0.2) is 0 Å². The van der Waals surface area contributed by atoms with Crippen molar-refractivity contribution in [2.45, 2.75) is 12.3 Å². The lowest BCUT2D eigenvalue weighted by Crippen LogP contribution is -2.03. The van der Waals surface area contributed by atoms with Crippen LogP contribution in [0, 0.1) is 0 Å². The van der Waals surface area contributed by atoms with Gasteiger partial charge in [-0.15, -0.1) is 0 Å². The van der Waals surface area contributed by atoms with Crippen LogP contribution in [-0.2, 0) is 0 Å². The molecular formula is C14H11ClN2. The van der Waals surface area contributed by atoms with Crippen molar-refractivity contribution < 1.29 is 0 Å². The number of fused-ring (bicyclic) bond motifs is 1. The topological polar surface area (TPSA) is 25.8 Å². The molecule has 2 aromatic rings. The van der Waals surface area contributed by atoms with Gasteiger partial charge in [0.2, 0.25) is 0 Å². The van der Waals surface area contributed by atoms with E-state index in [1.165, 1.54) is 0 Å². The second-order valence-electron chi connectivity index (χ2n) is 4.05. The minimum Gasteiger partial charge on any atom is -0.232 e. The SMILES string of the molecule is Clc1nc(C2C=CC=CC2)nc2ccccc12. The molecule has 84 valence electrons. The van der Waals surface area contributed by atoms with Gasteiger partial charge in [0.05, 0.1) is 5.52 Å². The molecule has 0 radical (unpaired) electrons. The minimum absolute atomic E-state index is 0.238. The predicted molar refractivity (Wildman–Crippen MR) is 70.2 cm³/mol. The molecule has 2 nitrogen and oxygen atoms in total. The number of aromatic nitrogens is 2. The minimum atomic E-state index is 0.238. The molecule has 0 amide bonds. The summed E-state index contributed by atoms with van der Waals surface area (Å²) in [6.07, 6.45) is 9.24. The third-order valence-corrected chi connectivity index (χ3v) is 3.17. The van der Waals surface area contributed by atoms with Crippen LogP contribution in [0.25, 0.3) is 10.9 Å². The number of para-hydroxylation sites is 1. The summed E-state index contributed by atoms with van der Waals surface area (Å²) < 4.78 is 0. The van der Waals surface area contributed by atoms with Crippen LogP contribution in [0.15, 0.2) is 48.6 Å². The van der Waals surface area contributed by atoms with Gasteiger partial charge in [-0.1, -0.05) is 48.0 Å². The smallest absolute Gasteiger partial charge is 0.140 e. The number of benzene rings is 1. The Morgan fingerprint density at radius 1 is 1.12 bits per heavy atom. The van der Waals surface area contributed by atoms with Gasteiger partial charge < -0.3 is 0 Å². The largest absolute Gasteiger partial charge is 0.232 e. The third kappa shape index (κ3) is 1.96. The van der Waals surface area contributed by atoms with E-state index in [0.717, 1.165) is 23.1 Å². The zero-order chi connectivity index (χ0) is 11.7. The molecule has 3 rings (SSSR count). The van der Waals surface area contributed by atoms with Crippen molar-refractivity contribution in [1.82, 2.24) is 9.97 Å². The average Bonchev–Trinajstić information content (AvgIpc) is 2.40. The number of allylic oxidation sites excluding steroid dienone is 4. The van der Waals surface area contributed by atoms with E-state index in [1.54, 1.807) is 0 Å². The van der Waals surface area contributed by atoms with Crippen LogP contribution in [-0.4, -0.2) is 9.97 Å². The second kappa shape index (κ2) is 4.30. The Morgan fingerprint density at radius 2 is 2.00 bits per heavy atom. The fourth-order valence-electron chi connectivity index (χ4n) is 1.99. The van der Waals surface area contributed by atoms with Crippen LogP contribution < -0.4 is 0 Å². The number of hydrogen-bond donors (Lipinski definition) is 0. The lowest BCUT2D eigenvalue weighted by atomic mass is 10.00. The highest BCUT2D eigenvalue weighted by Crippen LogP contribution is 2.26. The molecule has 1 aromatic heterocycles. The average molecular weight is 243 g/mol. The van der Waals surface area contributed by atoms with E-state index in [-0.39, 0.29) is 5.92 Å². The first-order valence-corrected chi connectivity index (χ1v) is 5.98. The van der Waals surface area contributed by atoms with E-state index in [2.05, 4.69) is 22.1 Å². The van der Waals surface area contributed by atoms with Gasteiger partial charge in [0.1, 0.15) is 11.0 Å². The van der Waals surface area contributed by atoms with E-state index in [0.29, 0.717) is 5.15 Å². The van der Waals surface area contributed by atoms with E-state index in [4.69, 9.17) is 11.6 Å². The molecular weight excluding hydrogens is 232 g/mol. The molecule has 0 spiro atoms. The molecule has 1 aliphatic rings. The normalized spacial score (nSPS) is 18.8. The first-order valence-electron chi connectivity index (χ1n) is 5.60. The van der Waals surface area contributed by atoms with Gasteiger partial charge in [-0.3, -0.25) is 0 Å². The Balaban J connectivity index is 2.12. The van der Waals surface area contributed by atoms with Crippen molar-refractivity contribution in [1.29, 1.82) is 0 Å². The van der Waals surface area contributed by atoms with Crippen molar-refractivity contribution in [2.24, 2.45) is 0 Å². The highest BCUT2D eigenvalue weighted by molar-refractivity contribution is 6.34. The van der Waals surface area contributed by atoms with E-state index in [1.807, 2.05) is 36.4 Å². The summed E-state index contributed by atoms with van der Waals surface area (Å²) in [6, 6.07) is 7.82. The van der Waals surface area contributed by atoms with E-state index >= 15 is 0 Å². The molecule has 0 saturated heterocycles. The molecule has 17 heavy (non-hydrogen) atoms. The van der Waals surface area contributed by atoms with Crippen LogP contribution in [0.1, 0.15) is 18.2 Å². The first-order chi connectivity index (χ1) is 8.34. The predicted octanol–water partition coefficient (Wildman–Crippen LogP) is 3.88. The van der Waals surface area contributed by atoms with Crippen molar-refractivity contribution in [3.63, 3.8) is 0 Å². The molecule has 0 bridgehead atoms. The van der Waals surface area contributed by atoms with Crippen LogP contribution in [0.5, 0.6) is 0 Å². The van der Waals surface area contributed by atoms with Gasteiger partial charge in [-0.25, -0.2) is 9.97 Å². The van der Waals surface area contributed by atoms with Crippen molar-refractivity contribution in [2.75, 3.05) is 0 Å². The highest BCUT2D eigenvalue weighted by Gasteiger charge is 2.14. The maximum atomic E-state index is 6.19. The summed E-state index contributed by atoms with van der Waals surface area (Å²) in [6.45, 7) is 0. The molecule has 1 atom stereocenters. The summed E-state index contributed by atoms with van der Waals surface area (Å²) >= 11 is 6.19. The quantitative estimate of drug-likeness (QED) is 0.709. The van der Waals surface area contributed by atoms with Gasteiger partial charge in [-0.2, -0.15) is 0 Å². The Morgan fingerprint density at radius 3 is 2.82 bits per heavy atom. The molecule has 1 aliphatic carbocycles. The first kappa shape index (κ1) is 10.5. The number of hydrogen-bond acceptors (Lipinski definition) is 2. The summed E-state index contributed by atoms with van der Waals surface area (Å²) in [7, 11) is 0. The number of halogens is 1. The number of nitrogens with zero attached hydrogens (tertiary/aromatic N) is 2. The summed E-state index contributed by atoms with van der Waals surface area (Å²) in [5.41, 5.74) is 0.908. The van der Waals surface area contributed by atoms with Crippen LogP contribution >= 0.6 is 11.6 Å². The Bertz CT molecular complexity index is 617. The van der Waals surface area contributed by atoms with Gasteiger partial charge >= 0.3 is 0 Å². The van der Waals surface area contributed by atoms with Gasteiger partial charge in [0.25, 0.3) is 0 Å². The van der Waals surface area contributed by atoms with E-state index in [9.17, 15) is 0 Å². The third-order valence-electron chi connectivity index (χ3n) is 2.89. The second-order valence-corrected chi connectivity index (χ2v) is 4.40. The zero-order valence-electron chi connectivity index (χ0n) is 9.18.